The maximum atomic E-state index is 13.7. The minimum Gasteiger partial charge on any atom is -0.390 e. The lowest BCUT2D eigenvalue weighted by molar-refractivity contribution is -0.221. The van der Waals surface area contributed by atoms with E-state index in [4.69, 9.17) is 0 Å². The van der Waals surface area contributed by atoms with Gasteiger partial charge in [-0.05, 0) is 38.5 Å². The summed E-state index contributed by atoms with van der Waals surface area (Å²) in [6.45, 7) is 6.51. The maximum absolute atomic E-state index is 13.7. The van der Waals surface area contributed by atoms with Gasteiger partial charge in [-0.15, -0.1) is 0 Å². The Balaban J connectivity index is 4.61. The van der Waals surface area contributed by atoms with Crippen molar-refractivity contribution in [1.29, 1.82) is 0 Å². The zero-order chi connectivity index (χ0) is 20.6. The molecule has 0 spiro atoms. The zero-order valence-corrected chi connectivity index (χ0v) is 16.8. The van der Waals surface area contributed by atoms with Crippen molar-refractivity contribution in [2.45, 2.75) is 102 Å². The van der Waals surface area contributed by atoms with Crippen LogP contribution in [0, 0.1) is 0 Å². The first-order valence-corrected chi connectivity index (χ1v) is 10.1. The molecule has 0 rings (SSSR count). The molecule has 0 amide bonds. The van der Waals surface area contributed by atoms with Crippen LogP contribution >= 0.6 is 8.25 Å². The number of alkyl halides is 4. The first kappa shape index (κ1) is 25.8. The maximum Gasteiger partial charge on any atom is 0.362 e. The molecule has 0 unspecified atom stereocenters. The zero-order valence-electron chi connectivity index (χ0n) is 15.8. The molecule has 0 aromatic carbocycles. The van der Waals surface area contributed by atoms with Crippen LogP contribution in [-0.2, 0) is 13.6 Å². The molecule has 0 aliphatic carbocycles. The Morgan fingerprint density at radius 1 is 0.692 bits per heavy atom. The van der Waals surface area contributed by atoms with Gasteiger partial charge in [-0.2, -0.15) is 17.6 Å². The summed E-state index contributed by atoms with van der Waals surface area (Å²) in [5.74, 6) is 0. The predicted molar refractivity (Wildman–Crippen MR) is 90.6 cm³/mol. The van der Waals surface area contributed by atoms with E-state index in [1.54, 1.807) is 27.7 Å². The molecule has 0 atom stereocenters. The summed E-state index contributed by atoms with van der Waals surface area (Å²) < 4.78 is 73.9. The molecule has 0 heterocycles. The Morgan fingerprint density at radius 2 is 0.962 bits per heavy atom. The summed E-state index contributed by atoms with van der Waals surface area (Å²) in [7, 11) is -4.18. The third kappa shape index (κ3) is 9.65. The standard InChI is InChI=1S/C16H31F4O5P/c1-5-13(21,6-2)9-11-15(17,18)24-26(23)25-16(19,20)12-10-14(22,7-3)8-4/h21-22,26H,5-12H2,1-4H3. The van der Waals surface area contributed by atoms with Crippen molar-refractivity contribution >= 4 is 8.25 Å². The van der Waals surface area contributed by atoms with Gasteiger partial charge in [0.05, 0.1) is 11.2 Å². The van der Waals surface area contributed by atoms with Gasteiger partial charge in [0, 0.05) is 12.8 Å². The van der Waals surface area contributed by atoms with Crippen molar-refractivity contribution in [1.82, 2.24) is 0 Å². The largest absolute Gasteiger partial charge is 0.390 e. The molecular formula is C16H31F4O5P. The predicted octanol–water partition coefficient (Wildman–Crippen LogP) is 5.26. The fourth-order valence-corrected chi connectivity index (χ4v) is 3.06. The summed E-state index contributed by atoms with van der Waals surface area (Å²) in [6, 6.07) is 0. The minimum atomic E-state index is -4.18. The SMILES string of the molecule is CCC(O)(CC)CCC(F)(F)O[PH](=O)OC(F)(F)CCC(O)(CC)CC. The highest BCUT2D eigenvalue weighted by atomic mass is 31.1. The fourth-order valence-electron chi connectivity index (χ4n) is 2.33. The van der Waals surface area contributed by atoms with E-state index in [-0.39, 0.29) is 38.5 Å². The van der Waals surface area contributed by atoms with Crippen molar-refractivity contribution < 1.29 is 41.4 Å². The monoisotopic (exact) mass is 410 g/mol. The molecule has 0 aromatic rings. The number of hydrogen-bond acceptors (Lipinski definition) is 5. The summed E-state index contributed by atoms with van der Waals surface area (Å²) in [5.41, 5.74) is -2.64. The van der Waals surface area contributed by atoms with Crippen molar-refractivity contribution in [2.24, 2.45) is 0 Å². The van der Waals surface area contributed by atoms with Gasteiger partial charge in [0.25, 0.3) is 0 Å². The molecule has 0 saturated carbocycles. The molecule has 10 heteroatoms. The topological polar surface area (TPSA) is 76.0 Å². The third-order valence-corrected chi connectivity index (χ3v) is 5.79. The van der Waals surface area contributed by atoms with Gasteiger partial charge >= 0.3 is 20.5 Å². The second-order valence-corrected chi connectivity index (χ2v) is 7.50. The lowest BCUT2D eigenvalue weighted by Crippen LogP contribution is -2.31. The van der Waals surface area contributed by atoms with E-state index in [1.807, 2.05) is 0 Å². The fraction of sp³-hybridized carbons (Fsp3) is 1.00. The van der Waals surface area contributed by atoms with Crippen LogP contribution in [0.5, 0.6) is 0 Å². The Kier molecular flexibility index (Phi) is 10.3. The van der Waals surface area contributed by atoms with Crippen LogP contribution in [-0.4, -0.2) is 33.6 Å². The molecule has 2 N–H and O–H groups in total. The van der Waals surface area contributed by atoms with Crippen molar-refractivity contribution in [3.8, 4) is 0 Å². The van der Waals surface area contributed by atoms with Gasteiger partial charge in [-0.1, -0.05) is 27.7 Å². The van der Waals surface area contributed by atoms with Crippen LogP contribution < -0.4 is 0 Å². The number of rotatable bonds is 14. The molecule has 0 aliphatic rings. The Bertz CT molecular complexity index is 402. The molecular weight excluding hydrogens is 379 g/mol. The molecule has 0 bridgehead atoms. The normalized spacial score (nSPS) is 14.3. The minimum absolute atomic E-state index is 0.237. The molecule has 0 aliphatic heterocycles. The highest BCUT2D eigenvalue weighted by Gasteiger charge is 2.41. The van der Waals surface area contributed by atoms with Crippen molar-refractivity contribution in [3.63, 3.8) is 0 Å². The molecule has 26 heavy (non-hydrogen) atoms. The molecule has 0 saturated heterocycles. The number of hydrogen-bond donors (Lipinski definition) is 2. The van der Waals surface area contributed by atoms with E-state index in [0.717, 1.165) is 0 Å². The van der Waals surface area contributed by atoms with E-state index < -0.39 is 44.5 Å². The molecule has 0 radical (unpaired) electrons. The lowest BCUT2D eigenvalue weighted by atomic mass is 9.92. The number of halogens is 4. The summed E-state index contributed by atoms with van der Waals surface area (Å²) >= 11 is 0. The van der Waals surface area contributed by atoms with Crippen LogP contribution in [0.25, 0.3) is 0 Å². The van der Waals surface area contributed by atoms with Crippen LogP contribution in [0.2, 0.25) is 0 Å². The molecule has 158 valence electrons. The summed E-state index contributed by atoms with van der Waals surface area (Å²) in [6.07, 6.45) is -9.58. The van der Waals surface area contributed by atoms with Gasteiger partial charge in [0.15, 0.2) is 0 Å². The van der Waals surface area contributed by atoms with Crippen molar-refractivity contribution in [2.75, 3.05) is 0 Å². The van der Waals surface area contributed by atoms with Crippen LogP contribution in [0.3, 0.4) is 0 Å². The third-order valence-electron chi connectivity index (χ3n) is 4.86. The average molecular weight is 410 g/mol. The Hall–Kier alpha value is -0.210. The van der Waals surface area contributed by atoms with E-state index >= 15 is 0 Å². The number of aliphatic hydroxyl groups is 2. The van der Waals surface area contributed by atoms with Crippen LogP contribution in [0.1, 0.15) is 79.1 Å². The second-order valence-electron chi connectivity index (χ2n) is 6.59. The summed E-state index contributed by atoms with van der Waals surface area (Å²) in [5, 5.41) is 19.9. The highest BCUT2D eigenvalue weighted by molar-refractivity contribution is 7.33. The van der Waals surface area contributed by atoms with E-state index in [9.17, 15) is 32.3 Å². The van der Waals surface area contributed by atoms with Gasteiger partial charge in [-0.3, -0.25) is 4.57 Å². The first-order chi connectivity index (χ1) is 11.8. The van der Waals surface area contributed by atoms with Gasteiger partial charge in [0.1, 0.15) is 0 Å². The van der Waals surface area contributed by atoms with Gasteiger partial charge in [0.2, 0.25) is 0 Å². The van der Waals surface area contributed by atoms with E-state index in [2.05, 4.69) is 9.05 Å². The molecule has 0 fully saturated rings. The van der Waals surface area contributed by atoms with Crippen molar-refractivity contribution in [3.05, 3.63) is 0 Å². The van der Waals surface area contributed by atoms with E-state index in [1.165, 1.54) is 0 Å². The Morgan fingerprint density at radius 3 is 1.19 bits per heavy atom. The van der Waals surface area contributed by atoms with Crippen LogP contribution in [0.4, 0.5) is 17.6 Å². The molecule has 0 aromatic heterocycles. The quantitative estimate of drug-likeness (QED) is 0.302. The van der Waals surface area contributed by atoms with E-state index in [0.29, 0.717) is 0 Å². The second kappa shape index (κ2) is 10.4. The Labute approximate surface area is 153 Å². The first-order valence-electron chi connectivity index (χ1n) is 8.88. The average Bonchev–Trinajstić information content (AvgIpc) is 2.56. The molecule has 5 nitrogen and oxygen atoms in total. The summed E-state index contributed by atoms with van der Waals surface area (Å²) in [4.78, 5) is 0. The van der Waals surface area contributed by atoms with Crippen LogP contribution in [0.15, 0.2) is 0 Å². The lowest BCUT2D eigenvalue weighted by Gasteiger charge is -2.28. The van der Waals surface area contributed by atoms with Gasteiger partial charge < -0.3 is 10.2 Å². The van der Waals surface area contributed by atoms with Gasteiger partial charge in [-0.25, -0.2) is 9.05 Å². The highest BCUT2D eigenvalue weighted by Crippen LogP contribution is 2.43. The smallest absolute Gasteiger partial charge is 0.362 e.